The number of carbonyl (C=O) groups is 2. The van der Waals surface area contributed by atoms with E-state index in [9.17, 15) is 14.0 Å². The van der Waals surface area contributed by atoms with Crippen molar-refractivity contribution in [3.8, 4) is 0 Å². The molecule has 7 heteroatoms. The number of anilines is 3. The highest BCUT2D eigenvalue weighted by atomic mass is 35.5. The Bertz CT molecular complexity index is 866. The highest BCUT2D eigenvalue weighted by Crippen LogP contribution is 2.27. The van der Waals surface area contributed by atoms with Gasteiger partial charge in [0.05, 0.1) is 16.3 Å². The van der Waals surface area contributed by atoms with Crippen molar-refractivity contribution in [2.24, 2.45) is 5.92 Å². The molecule has 0 aliphatic heterocycles. The Morgan fingerprint density at radius 3 is 2.48 bits per heavy atom. The minimum Gasteiger partial charge on any atom is -0.399 e. The molecule has 0 radical (unpaired) electrons. The van der Waals surface area contributed by atoms with Gasteiger partial charge in [-0.1, -0.05) is 30.9 Å². The average Bonchev–Trinajstić information content (AvgIpc) is 2.65. The quantitative estimate of drug-likeness (QED) is 0.654. The lowest BCUT2D eigenvalue weighted by atomic mass is 9.88. The SMILES string of the molecule is Nc1ccc(C(=O)Nc2ccc(F)c(NC(=O)C3CCCCC3)c2)c(Cl)c1. The molecule has 1 saturated carbocycles. The molecule has 3 rings (SSSR count). The lowest BCUT2D eigenvalue weighted by Crippen LogP contribution is -2.25. The third-order valence-electron chi connectivity index (χ3n) is 4.70. The Kier molecular flexibility index (Phi) is 5.96. The van der Waals surface area contributed by atoms with E-state index in [2.05, 4.69) is 10.6 Å². The summed E-state index contributed by atoms with van der Waals surface area (Å²) >= 11 is 6.04. The zero-order valence-electron chi connectivity index (χ0n) is 14.7. The number of amides is 2. The number of hydrogen-bond acceptors (Lipinski definition) is 3. The number of benzene rings is 2. The predicted molar refractivity (Wildman–Crippen MR) is 105 cm³/mol. The largest absolute Gasteiger partial charge is 0.399 e. The van der Waals surface area contributed by atoms with Crippen molar-refractivity contribution in [1.82, 2.24) is 0 Å². The topological polar surface area (TPSA) is 84.2 Å². The molecule has 1 aliphatic carbocycles. The molecule has 0 bridgehead atoms. The van der Waals surface area contributed by atoms with Gasteiger partial charge in [-0.05, 0) is 49.2 Å². The summed E-state index contributed by atoms with van der Waals surface area (Å²) in [4.78, 5) is 24.8. The molecule has 2 aromatic carbocycles. The van der Waals surface area contributed by atoms with Crippen molar-refractivity contribution in [3.63, 3.8) is 0 Å². The molecule has 1 aliphatic rings. The fraction of sp³-hybridized carbons (Fsp3) is 0.300. The van der Waals surface area contributed by atoms with Crippen LogP contribution in [0.4, 0.5) is 21.5 Å². The minimum atomic E-state index is -0.553. The summed E-state index contributed by atoms with van der Waals surface area (Å²) in [5, 5.41) is 5.52. The Hall–Kier alpha value is -2.60. The Morgan fingerprint density at radius 2 is 1.78 bits per heavy atom. The minimum absolute atomic E-state index is 0.0479. The molecule has 142 valence electrons. The van der Waals surface area contributed by atoms with Gasteiger partial charge in [-0.2, -0.15) is 0 Å². The molecule has 0 atom stereocenters. The van der Waals surface area contributed by atoms with Crippen LogP contribution < -0.4 is 16.4 Å². The highest BCUT2D eigenvalue weighted by molar-refractivity contribution is 6.34. The van der Waals surface area contributed by atoms with Crippen LogP contribution >= 0.6 is 11.6 Å². The number of hydrogen-bond donors (Lipinski definition) is 3. The van der Waals surface area contributed by atoms with Crippen molar-refractivity contribution in [2.45, 2.75) is 32.1 Å². The molecule has 4 N–H and O–H groups in total. The lowest BCUT2D eigenvalue weighted by Gasteiger charge is -2.21. The van der Waals surface area contributed by atoms with Crippen LogP contribution in [0.2, 0.25) is 5.02 Å². The first-order chi connectivity index (χ1) is 12.9. The van der Waals surface area contributed by atoms with Crippen LogP contribution in [0.1, 0.15) is 42.5 Å². The van der Waals surface area contributed by atoms with E-state index >= 15 is 0 Å². The number of halogens is 2. The number of nitrogens with two attached hydrogens (primary N) is 1. The van der Waals surface area contributed by atoms with Gasteiger partial charge in [0.25, 0.3) is 5.91 Å². The highest BCUT2D eigenvalue weighted by Gasteiger charge is 2.22. The van der Waals surface area contributed by atoms with Gasteiger partial charge in [-0.15, -0.1) is 0 Å². The first kappa shape index (κ1) is 19.2. The third-order valence-corrected chi connectivity index (χ3v) is 5.01. The molecule has 1 fully saturated rings. The standard InChI is InChI=1S/C20H21ClFN3O2/c21-16-10-13(23)6-8-15(16)20(27)24-14-7-9-17(22)18(11-14)25-19(26)12-4-2-1-3-5-12/h6-12H,1-5,23H2,(H,24,27)(H,25,26). The van der Waals surface area contributed by atoms with Crippen LogP contribution in [-0.2, 0) is 4.79 Å². The summed E-state index contributed by atoms with van der Waals surface area (Å²) in [7, 11) is 0. The second-order valence-corrected chi connectivity index (χ2v) is 7.12. The molecular weight excluding hydrogens is 369 g/mol. The van der Waals surface area contributed by atoms with Crippen molar-refractivity contribution < 1.29 is 14.0 Å². The fourth-order valence-corrected chi connectivity index (χ4v) is 3.49. The van der Waals surface area contributed by atoms with Gasteiger partial charge in [0.15, 0.2) is 0 Å². The van der Waals surface area contributed by atoms with Crippen LogP contribution in [0.15, 0.2) is 36.4 Å². The van der Waals surface area contributed by atoms with Crippen molar-refractivity contribution >= 4 is 40.5 Å². The van der Waals surface area contributed by atoms with Crippen molar-refractivity contribution in [1.29, 1.82) is 0 Å². The first-order valence-electron chi connectivity index (χ1n) is 8.91. The zero-order chi connectivity index (χ0) is 19.4. The van der Waals surface area contributed by atoms with E-state index in [0.29, 0.717) is 11.4 Å². The summed E-state index contributed by atoms with van der Waals surface area (Å²) in [5.41, 5.74) is 6.73. The van der Waals surface area contributed by atoms with E-state index in [0.717, 1.165) is 32.1 Å². The molecule has 2 aromatic rings. The van der Waals surface area contributed by atoms with Gasteiger partial charge in [0, 0.05) is 17.3 Å². The molecule has 0 aromatic heterocycles. The number of rotatable bonds is 4. The maximum atomic E-state index is 14.1. The van der Waals surface area contributed by atoms with E-state index in [4.69, 9.17) is 17.3 Å². The van der Waals surface area contributed by atoms with E-state index in [1.807, 2.05) is 0 Å². The maximum Gasteiger partial charge on any atom is 0.257 e. The molecule has 0 spiro atoms. The Labute approximate surface area is 162 Å². The molecule has 0 saturated heterocycles. The Morgan fingerprint density at radius 1 is 1.04 bits per heavy atom. The number of carbonyl (C=O) groups excluding carboxylic acids is 2. The van der Waals surface area contributed by atoms with Gasteiger partial charge in [-0.3, -0.25) is 9.59 Å². The van der Waals surface area contributed by atoms with Gasteiger partial charge < -0.3 is 16.4 Å². The van der Waals surface area contributed by atoms with Gasteiger partial charge in [-0.25, -0.2) is 4.39 Å². The fourth-order valence-electron chi connectivity index (χ4n) is 3.21. The zero-order valence-corrected chi connectivity index (χ0v) is 15.5. The van der Waals surface area contributed by atoms with Crippen LogP contribution in [-0.4, -0.2) is 11.8 Å². The molecular formula is C20H21ClFN3O2. The van der Waals surface area contributed by atoms with E-state index < -0.39 is 11.7 Å². The van der Waals surface area contributed by atoms with E-state index in [1.165, 1.54) is 30.3 Å². The summed E-state index contributed by atoms with van der Waals surface area (Å²) in [6.45, 7) is 0. The normalized spacial score (nSPS) is 14.6. The third kappa shape index (κ3) is 4.77. The molecule has 0 unspecified atom stereocenters. The molecule has 27 heavy (non-hydrogen) atoms. The van der Waals surface area contributed by atoms with Crippen LogP contribution in [0.5, 0.6) is 0 Å². The van der Waals surface area contributed by atoms with Crippen LogP contribution in [0.3, 0.4) is 0 Å². The molecule has 5 nitrogen and oxygen atoms in total. The van der Waals surface area contributed by atoms with Crippen LogP contribution in [0, 0.1) is 11.7 Å². The monoisotopic (exact) mass is 389 g/mol. The average molecular weight is 390 g/mol. The van der Waals surface area contributed by atoms with Crippen molar-refractivity contribution in [3.05, 3.63) is 52.8 Å². The Balaban J connectivity index is 1.72. The van der Waals surface area contributed by atoms with Gasteiger partial charge in [0.2, 0.25) is 5.91 Å². The van der Waals surface area contributed by atoms with Crippen molar-refractivity contribution in [2.75, 3.05) is 16.4 Å². The molecule has 0 heterocycles. The second-order valence-electron chi connectivity index (χ2n) is 6.71. The van der Waals surface area contributed by atoms with Gasteiger partial charge in [0.1, 0.15) is 5.82 Å². The van der Waals surface area contributed by atoms with E-state index in [1.54, 1.807) is 6.07 Å². The maximum absolute atomic E-state index is 14.1. The first-order valence-corrected chi connectivity index (χ1v) is 9.28. The van der Waals surface area contributed by atoms with Gasteiger partial charge >= 0.3 is 0 Å². The molecule has 2 amide bonds. The second kappa shape index (κ2) is 8.39. The lowest BCUT2D eigenvalue weighted by molar-refractivity contribution is -0.120. The van der Waals surface area contributed by atoms with Crippen LogP contribution in [0.25, 0.3) is 0 Å². The smallest absolute Gasteiger partial charge is 0.257 e. The summed E-state index contributed by atoms with van der Waals surface area (Å²) in [6.07, 6.45) is 4.80. The summed E-state index contributed by atoms with van der Waals surface area (Å²) < 4.78 is 14.1. The summed E-state index contributed by atoms with van der Waals surface area (Å²) in [6, 6.07) is 8.60. The number of nitrogen functional groups attached to an aromatic ring is 1. The predicted octanol–water partition coefficient (Wildman–Crippen LogP) is 4.83. The van der Waals surface area contributed by atoms with E-state index in [-0.39, 0.29) is 28.1 Å². The summed E-state index contributed by atoms with van der Waals surface area (Å²) in [5.74, 6) is -1.28. The number of nitrogens with one attached hydrogen (secondary N) is 2.